The van der Waals surface area contributed by atoms with Crippen LogP contribution in [0.2, 0.25) is 0 Å². The van der Waals surface area contributed by atoms with E-state index in [1.807, 2.05) is 67.5 Å². The molecule has 0 unspecified atom stereocenters. The normalized spacial score (nSPS) is 9.06. The van der Waals surface area contributed by atoms with Gasteiger partial charge in [-0.3, -0.25) is 0 Å². The maximum absolute atomic E-state index is 3.19. The van der Waals surface area contributed by atoms with Gasteiger partial charge in [0.2, 0.25) is 0 Å². The van der Waals surface area contributed by atoms with Crippen LogP contribution in [0.3, 0.4) is 0 Å². The van der Waals surface area contributed by atoms with Gasteiger partial charge in [0.1, 0.15) is 0 Å². The van der Waals surface area contributed by atoms with Crippen LogP contribution in [0.4, 0.5) is 0 Å². The molecule has 0 spiro atoms. The van der Waals surface area contributed by atoms with Crippen molar-refractivity contribution in [2.45, 2.75) is 62.3 Å². The van der Waals surface area contributed by atoms with Gasteiger partial charge in [-0.25, -0.2) is 0 Å². The van der Waals surface area contributed by atoms with Crippen LogP contribution in [0, 0.1) is 13.0 Å². The standard InChI is InChI=1S/C25H21Si.4C2H6.Y/c1-21-17-19-25(20-18-21)26(22-11-5-2-6-12-22,23-13-7-3-8-14-23)24-15-9-4-10-16-24;4*1-2;/h2-3,5-20H,1H3;4*1-2H3;/q-1;;;;;. The Morgan fingerprint density at radius 3 is 1.11 bits per heavy atom. The van der Waals surface area contributed by atoms with Crippen molar-refractivity contribution in [2.75, 3.05) is 0 Å². The molecule has 185 valence electrons. The van der Waals surface area contributed by atoms with E-state index in [0.717, 1.165) is 0 Å². The van der Waals surface area contributed by atoms with Crippen molar-refractivity contribution in [1.29, 1.82) is 0 Å². The topological polar surface area (TPSA) is 0 Å². The van der Waals surface area contributed by atoms with Gasteiger partial charge in [-0.1, -0.05) is 146 Å². The second-order valence-electron chi connectivity index (χ2n) is 6.64. The largest absolute Gasteiger partial charge is 0.184 e. The molecule has 0 amide bonds. The molecule has 4 aromatic rings. The van der Waals surface area contributed by atoms with Gasteiger partial charge in [-0.05, 0) is 22.5 Å². The molecule has 0 N–H and O–H groups in total. The summed E-state index contributed by atoms with van der Waals surface area (Å²) in [6.45, 7) is 18.1. The zero-order chi connectivity index (χ0) is 25.8. The summed E-state index contributed by atoms with van der Waals surface area (Å²) in [4.78, 5) is 0. The molecule has 0 fully saturated rings. The summed E-state index contributed by atoms with van der Waals surface area (Å²) in [5.41, 5.74) is 1.29. The summed E-state index contributed by atoms with van der Waals surface area (Å²) in [5.74, 6) is 0. The van der Waals surface area contributed by atoms with Crippen molar-refractivity contribution in [1.82, 2.24) is 0 Å². The minimum atomic E-state index is -2.34. The molecular weight excluding hydrogens is 513 g/mol. The number of hydrogen-bond donors (Lipinski definition) is 0. The molecule has 0 atom stereocenters. The van der Waals surface area contributed by atoms with Crippen molar-refractivity contribution < 1.29 is 32.7 Å². The van der Waals surface area contributed by atoms with E-state index < -0.39 is 8.07 Å². The quantitative estimate of drug-likeness (QED) is 0.140. The van der Waals surface area contributed by atoms with Gasteiger partial charge < -0.3 is 0 Å². The molecule has 4 rings (SSSR count). The van der Waals surface area contributed by atoms with Crippen LogP contribution >= 0.6 is 0 Å². The maximum Gasteiger partial charge on any atom is 0.155 e. The Balaban J connectivity index is 0. The smallest absolute Gasteiger partial charge is 0.155 e. The average Bonchev–Trinajstić information content (AvgIpc) is 2.96. The van der Waals surface area contributed by atoms with E-state index in [1.165, 1.54) is 26.3 Å². The summed E-state index contributed by atoms with van der Waals surface area (Å²) in [6.07, 6.45) is 0. The molecule has 0 saturated heterocycles. The molecule has 0 aliphatic rings. The van der Waals surface area contributed by atoms with Crippen LogP contribution in [0.1, 0.15) is 61.0 Å². The van der Waals surface area contributed by atoms with Crippen LogP contribution in [0.25, 0.3) is 0 Å². The number of rotatable bonds is 4. The fourth-order valence-corrected chi connectivity index (χ4v) is 8.53. The molecule has 4 aromatic carbocycles. The molecule has 1 radical (unpaired) electrons. The molecular formula is C33H45SiY-. The first-order valence-corrected chi connectivity index (χ1v) is 15.0. The third-order valence-corrected chi connectivity index (χ3v) is 9.85. The van der Waals surface area contributed by atoms with Crippen LogP contribution < -0.4 is 20.7 Å². The minimum absolute atomic E-state index is 0. The van der Waals surface area contributed by atoms with Gasteiger partial charge in [0.25, 0.3) is 0 Å². The van der Waals surface area contributed by atoms with Gasteiger partial charge in [-0.2, -0.15) is 35.5 Å². The van der Waals surface area contributed by atoms with Crippen LogP contribution in [-0.4, -0.2) is 8.07 Å². The van der Waals surface area contributed by atoms with E-state index in [-0.39, 0.29) is 32.7 Å². The van der Waals surface area contributed by atoms with Crippen molar-refractivity contribution in [3.8, 4) is 0 Å². The molecule has 35 heavy (non-hydrogen) atoms. The summed E-state index contributed by atoms with van der Waals surface area (Å²) in [7, 11) is -2.34. The molecule has 0 saturated carbocycles. The van der Waals surface area contributed by atoms with E-state index in [2.05, 4.69) is 110 Å². The average molecular weight is 559 g/mol. The predicted octanol–water partition coefficient (Wildman–Crippen LogP) is 7.27. The van der Waals surface area contributed by atoms with Gasteiger partial charge in [0, 0.05) is 32.7 Å². The second-order valence-corrected chi connectivity index (χ2v) is 10.4. The third-order valence-electron chi connectivity index (χ3n) is 5.05. The Bertz CT molecular complexity index is 869. The number of aryl methyl sites for hydroxylation is 1. The Hall–Kier alpha value is -1.80. The molecule has 0 heterocycles. The van der Waals surface area contributed by atoms with Crippen molar-refractivity contribution >= 4 is 28.8 Å². The van der Waals surface area contributed by atoms with Crippen LogP contribution in [-0.2, 0) is 32.7 Å². The van der Waals surface area contributed by atoms with Crippen molar-refractivity contribution in [2.24, 2.45) is 0 Å². The Labute approximate surface area is 243 Å². The van der Waals surface area contributed by atoms with E-state index in [0.29, 0.717) is 0 Å². The number of benzene rings is 4. The fraction of sp³-hybridized carbons (Fsp3) is 0.273. The van der Waals surface area contributed by atoms with Crippen molar-refractivity contribution in [3.05, 3.63) is 121 Å². The first kappa shape index (κ1) is 35.4. The second kappa shape index (κ2) is 21.5. The molecule has 0 aliphatic heterocycles. The summed E-state index contributed by atoms with van der Waals surface area (Å²) in [5, 5.41) is 5.60. The molecule has 0 nitrogen and oxygen atoms in total. The molecule has 0 bridgehead atoms. The predicted molar refractivity (Wildman–Crippen MR) is 159 cm³/mol. The monoisotopic (exact) mass is 558 g/mol. The van der Waals surface area contributed by atoms with Gasteiger partial charge in [-0.15, -0.1) is 0 Å². The zero-order valence-corrected chi connectivity index (χ0v) is 27.3. The van der Waals surface area contributed by atoms with Crippen LogP contribution in [0.15, 0.2) is 109 Å². The zero-order valence-electron chi connectivity index (χ0n) is 23.5. The van der Waals surface area contributed by atoms with Gasteiger partial charge in [0.05, 0.1) is 0 Å². The number of hydrogen-bond acceptors (Lipinski definition) is 0. The van der Waals surface area contributed by atoms with Gasteiger partial charge >= 0.3 is 0 Å². The van der Waals surface area contributed by atoms with Crippen LogP contribution in [0.5, 0.6) is 0 Å². The summed E-state index contributed by atoms with van der Waals surface area (Å²) in [6, 6.07) is 42.8. The summed E-state index contributed by atoms with van der Waals surface area (Å²) >= 11 is 0. The molecule has 0 aromatic heterocycles. The Kier molecular flexibility index (Phi) is 21.7. The SMILES string of the molecule is CC.CC.CC.CC.Cc1ccc([Si](c2cc[c-]cc2)(c2ccccc2)c2ccccc2)cc1.[Y]. The first-order valence-electron chi connectivity index (χ1n) is 13.0. The molecule has 2 heteroatoms. The Morgan fingerprint density at radius 2 is 0.743 bits per heavy atom. The van der Waals surface area contributed by atoms with E-state index in [9.17, 15) is 0 Å². The minimum Gasteiger partial charge on any atom is -0.184 e. The van der Waals surface area contributed by atoms with E-state index in [1.54, 1.807) is 0 Å². The maximum atomic E-state index is 3.19. The van der Waals surface area contributed by atoms with E-state index >= 15 is 0 Å². The Morgan fingerprint density at radius 1 is 0.429 bits per heavy atom. The summed E-state index contributed by atoms with van der Waals surface area (Å²) < 4.78 is 0. The molecule has 0 aliphatic carbocycles. The first-order chi connectivity index (χ1) is 16.8. The van der Waals surface area contributed by atoms with E-state index in [4.69, 9.17) is 0 Å². The van der Waals surface area contributed by atoms with Gasteiger partial charge in [0.15, 0.2) is 8.07 Å². The third kappa shape index (κ3) is 9.30. The van der Waals surface area contributed by atoms with Crippen molar-refractivity contribution in [3.63, 3.8) is 0 Å². The fourth-order valence-electron chi connectivity index (χ4n) is 3.82.